The fraction of sp³-hybridized carbons (Fsp3) is 0.571. The van der Waals surface area contributed by atoms with E-state index in [1.165, 1.54) is 11.3 Å². The Labute approximate surface area is 200 Å². The van der Waals surface area contributed by atoms with Crippen molar-refractivity contribution in [3.05, 3.63) is 58.6 Å². The van der Waals surface area contributed by atoms with Gasteiger partial charge in [-0.25, -0.2) is 0 Å². The fourth-order valence-electron chi connectivity index (χ4n) is 4.92. The number of piperazine rings is 1. The van der Waals surface area contributed by atoms with Crippen LogP contribution in [0.15, 0.2) is 42.5 Å². The molecular weight excluding hydrogens is 416 g/mol. The molecule has 0 radical (unpaired) electrons. The van der Waals surface area contributed by atoms with Crippen LogP contribution in [0.25, 0.3) is 0 Å². The number of ether oxygens (including phenoxy) is 1. The van der Waals surface area contributed by atoms with Crippen LogP contribution in [0.3, 0.4) is 0 Å². The first-order valence-electron chi connectivity index (χ1n) is 12.0. The number of hydrogen-bond acceptors (Lipinski definition) is 3. The highest BCUT2D eigenvalue weighted by molar-refractivity contribution is 6.31. The van der Waals surface area contributed by atoms with E-state index in [0.717, 1.165) is 68.5 Å². The third-order valence-electron chi connectivity index (χ3n) is 6.39. The van der Waals surface area contributed by atoms with E-state index >= 15 is 0 Å². The summed E-state index contributed by atoms with van der Waals surface area (Å²) in [6.07, 6.45) is 2.21. The van der Waals surface area contributed by atoms with Gasteiger partial charge in [0, 0.05) is 43.4 Å². The normalized spacial score (nSPS) is 15.8. The van der Waals surface area contributed by atoms with Crippen LogP contribution in [0.4, 0.5) is 5.69 Å². The van der Waals surface area contributed by atoms with Gasteiger partial charge in [-0.3, -0.25) is 4.90 Å². The van der Waals surface area contributed by atoms with Crippen molar-refractivity contribution in [1.29, 1.82) is 0 Å². The Morgan fingerprint density at radius 2 is 1.56 bits per heavy atom. The highest BCUT2D eigenvalue weighted by Crippen LogP contribution is 2.36. The summed E-state index contributed by atoms with van der Waals surface area (Å²) in [4.78, 5) is 4.97. The third-order valence-corrected chi connectivity index (χ3v) is 6.80. The second-order valence-corrected chi connectivity index (χ2v) is 11.5. The molecule has 1 aliphatic heterocycles. The van der Waals surface area contributed by atoms with Gasteiger partial charge in [0.25, 0.3) is 0 Å². The van der Waals surface area contributed by atoms with Crippen molar-refractivity contribution in [3.8, 4) is 5.75 Å². The second kappa shape index (κ2) is 10.5. The van der Waals surface area contributed by atoms with E-state index in [-0.39, 0.29) is 5.41 Å². The van der Waals surface area contributed by atoms with Crippen LogP contribution in [0.2, 0.25) is 5.02 Å². The van der Waals surface area contributed by atoms with Crippen molar-refractivity contribution in [2.75, 3.05) is 44.2 Å². The van der Waals surface area contributed by atoms with Crippen molar-refractivity contribution < 1.29 is 4.74 Å². The second-order valence-electron chi connectivity index (χ2n) is 11.1. The molecule has 0 saturated carbocycles. The molecule has 1 saturated heterocycles. The number of hydrogen-bond donors (Lipinski definition) is 0. The Kier molecular flexibility index (Phi) is 8.16. The molecule has 0 aromatic heterocycles. The number of anilines is 1. The summed E-state index contributed by atoms with van der Waals surface area (Å²) in [5.41, 5.74) is 4.24. The molecule has 3 rings (SSSR count). The zero-order valence-corrected chi connectivity index (χ0v) is 21.6. The zero-order valence-electron chi connectivity index (χ0n) is 20.9. The van der Waals surface area contributed by atoms with E-state index < -0.39 is 0 Å². The Hall–Kier alpha value is -1.71. The van der Waals surface area contributed by atoms with Crippen LogP contribution >= 0.6 is 11.6 Å². The standard InChI is InChI=1S/C28H41ClN2O/c1-22-8-11-24(20-26(22)29)31-17-15-30(16-18-31)14-7-19-32-25-12-9-23(10-13-25)28(5,6)21-27(2,3)4/h8-13,20H,7,14-19,21H2,1-6H3. The van der Waals surface area contributed by atoms with E-state index in [4.69, 9.17) is 16.3 Å². The van der Waals surface area contributed by atoms with E-state index in [0.29, 0.717) is 5.41 Å². The zero-order chi connectivity index (χ0) is 23.4. The maximum atomic E-state index is 6.30. The van der Waals surface area contributed by atoms with E-state index in [2.05, 4.69) is 86.9 Å². The Morgan fingerprint density at radius 3 is 2.16 bits per heavy atom. The van der Waals surface area contributed by atoms with Crippen molar-refractivity contribution in [2.45, 2.75) is 59.8 Å². The molecule has 4 heteroatoms. The minimum Gasteiger partial charge on any atom is -0.494 e. The van der Waals surface area contributed by atoms with Crippen molar-refractivity contribution in [1.82, 2.24) is 4.90 Å². The summed E-state index contributed by atoms with van der Waals surface area (Å²) in [7, 11) is 0. The highest BCUT2D eigenvalue weighted by atomic mass is 35.5. The number of halogens is 1. The summed E-state index contributed by atoms with van der Waals surface area (Å²) in [5, 5.41) is 0.855. The molecule has 1 fully saturated rings. The van der Waals surface area contributed by atoms with E-state index in [9.17, 15) is 0 Å². The number of aryl methyl sites for hydroxylation is 1. The predicted octanol–water partition coefficient (Wildman–Crippen LogP) is 6.95. The number of rotatable bonds is 8. The van der Waals surface area contributed by atoms with Gasteiger partial charge in [0.15, 0.2) is 0 Å². The van der Waals surface area contributed by atoms with Crippen LogP contribution in [0.1, 0.15) is 58.6 Å². The van der Waals surface area contributed by atoms with Crippen molar-refractivity contribution >= 4 is 17.3 Å². The summed E-state index contributed by atoms with van der Waals surface area (Å²) < 4.78 is 6.03. The molecular formula is C28H41ClN2O. The molecule has 1 aliphatic rings. The molecule has 0 bridgehead atoms. The van der Waals surface area contributed by atoms with Crippen LogP contribution in [0.5, 0.6) is 5.75 Å². The van der Waals surface area contributed by atoms with Gasteiger partial charge in [0.2, 0.25) is 0 Å². The van der Waals surface area contributed by atoms with E-state index in [1.54, 1.807) is 0 Å². The molecule has 0 spiro atoms. The minimum atomic E-state index is 0.169. The maximum absolute atomic E-state index is 6.30. The van der Waals surface area contributed by atoms with Gasteiger partial charge in [-0.1, -0.05) is 64.4 Å². The lowest BCUT2D eigenvalue weighted by Gasteiger charge is -2.36. The molecule has 1 heterocycles. The molecule has 176 valence electrons. The first-order valence-corrected chi connectivity index (χ1v) is 12.4. The van der Waals surface area contributed by atoms with Crippen LogP contribution in [0, 0.1) is 12.3 Å². The minimum absolute atomic E-state index is 0.169. The Balaban J connectivity index is 1.38. The van der Waals surface area contributed by atoms with Crippen LogP contribution < -0.4 is 9.64 Å². The lowest BCUT2D eigenvalue weighted by Crippen LogP contribution is -2.46. The molecule has 32 heavy (non-hydrogen) atoms. The van der Waals surface area contributed by atoms with Crippen LogP contribution in [-0.4, -0.2) is 44.2 Å². The first kappa shape index (κ1) is 24.9. The topological polar surface area (TPSA) is 15.7 Å². The molecule has 0 N–H and O–H groups in total. The average Bonchev–Trinajstić information content (AvgIpc) is 2.72. The van der Waals surface area contributed by atoms with Gasteiger partial charge in [-0.2, -0.15) is 0 Å². The average molecular weight is 457 g/mol. The predicted molar refractivity (Wildman–Crippen MR) is 138 cm³/mol. The van der Waals surface area contributed by atoms with Crippen LogP contribution in [-0.2, 0) is 5.41 Å². The summed E-state index contributed by atoms with van der Waals surface area (Å²) in [5.74, 6) is 0.973. The highest BCUT2D eigenvalue weighted by Gasteiger charge is 2.27. The molecule has 0 amide bonds. The lowest BCUT2D eigenvalue weighted by molar-refractivity contribution is 0.224. The molecule has 0 atom stereocenters. The first-order chi connectivity index (χ1) is 15.0. The lowest BCUT2D eigenvalue weighted by atomic mass is 9.72. The largest absolute Gasteiger partial charge is 0.494 e. The van der Waals surface area contributed by atoms with Gasteiger partial charge in [0.1, 0.15) is 5.75 Å². The number of nitrogens with zero attached hydrogens (tertiary/aromatic N) is 2. The van der Waals surface area contributed by atoms with Gasteiger partial charge >= 0.3 is 0 Å². The SMILES string of the molecule is Cc1ccc(N2CCN(CCCOc3ccc(C(C)(C)CC(C)(C)C)cc3)CC2)cc1Cl. The van der Waals surface area contributed by atoms with Gasteiger partial charge in [-0.15, -0.1) is 0 Å². The molecule has 0 aliphatic carbocycles. The van der Waals surface area contributed by atoms with Gasteiger partial charge in [0.05, 0.1) is 6.61 Å². The number of benzene rings is 2. The quantitative estimate of drug-likeness (QED) is 0.399. The summed E-state index contributed by atoms with van der Waals surface area (Å²) in [6, 6.07) is 15.1. The Morgan fingerprint density at radius 1 is 0.906 bits per heavy atom. The van der Waals surface area contributed by atoms with E-state index in [1.807, 2.05) is 6.92 Å². The van der Waals surface area contributed by atoms with Gasteiger partial charge in [-0.05, 0) is 66.0 Å². The monoisotopic (exact) mass is 456 g/mol. The molecule has 0 unspecified atom stereocenters. The molecule has 3 nitrogen and oxygen atoms in total. The molecule has 2 aromatic carbocycles. The summed E-state index contributed by atoms with van der Waals surface area (Å²) >= 11 is 6.30. The fourth-order valence-corrected chi connectivity index (χ4v) is 5.09. The van der Waals surface area contributed by atoms with Crippen molar-refractivity contribution in [3.63, 3.8) is 0 Å². The maximum Gasteiger partial charge on any atom is 0.119 e. The summed E-state index contributed by atoms with van der Waals surface area (Å²) in [6.45, 7) is 19.8. The Bertz CT molecular complexity index is 862. The third kappa shape index (κ3) is 7.15. The smallest absolute Gasteiger partial charge is 0.119 e. The molecule has 2 aromatic rings. The van der Waals surface area contributed by atoms with Gasteiger partial charge < -0.3 is 9.64 Å². The van der Waals surface area contributed by atoms with Crippen molar-refractivity contribution in [2.24, 2.45) is 5.41 Å².